The van der Waals surface area contributed by atoms with E-state index in [4.69, 9.17) is 24.6 Å². The largest absolute Gasteiger partial charge is 0.481 e. The number of nitrogens with zero attached hydrogens (tertiary/aromatic N) is 4. The van der Waals surface area contributed by atoms with Crippen molar-refractivity contribution in [3.63, 3.8) is 0 Å². The summed E-state index contributed by atoms with van der Waals surface area (Å²) < 4.78 is 62.0. The zero-order valence-corrected chi connectivity index (χ0v) is 34.2. The second kappa shape index (κ2) is 21.3. The van der Waals surface area contributed by atoms with Crippen LogP contribution in [0.3, 0.4) is 0 Å². The van der Waals surface area contributed by atoms with Crippen molar-refractivity contribution in [2.45, 2.75) is 70.2 Å². The molecule has 1 aliphatic rings. The van der Waals surface area contributed by atoms with Gasteiger partial charge in [-0.1, -0.05) is 31.7 Å². The Morgan fingerprint density at radius 2 is 1.74 bits per heavy atom. The van der Waals surface area contributed by atoms with Crippen molar-refractivity contribution < 1.29 is 90.4 Å². The van der Waals surface area contributed by atoms with E-state index >= 15 is 0 Å². The second-order valence-electron chi connectivity index (χ2n) is 12.9. The zero-order chi connectivity index (χ0) is 43.5. The van der Waals surface area contributed by atoms with Crippen molar-refractivity contribution in [3.05, 3.63) is 24.8 Å². The number of hydrogen-bond donors (Lipinski definition) is 10. The van der Waals surface area contributed by atoms with Gasteiger partial charge in [-0.15, -0.1) is 0 Å². The Labute approximate surface area is 333 Å². The van der Waals surface area contributed by atoms with E-state index in [0.717, 1.165) is 29.0 Å². The lowest BCUT2D eigenvalue weighted by Crippen LogP contribution is -2.46. The van der Waals surface area contributed by atoms with Crippen molar-refractivity contribution >= 4 is 75.1 Å². The van der Waals surface area contributed by atoms with E-state index in [2.05, 4.69) is 34.4 Å². The number of phosphoric ester groups is 3. The molecule has 2 unspecified atom stereocenters. The summed E-state index contributed by atoms with van der Waals surface area (Å²) in [5, 5.41) is 34.6. The number of thioether (sulfide) groups is 1. The Balaban J connectivity index is 1.45. The molecule has 26 nitrogen and oxygen atoms in total. The maximum atomic E-state index is 12.7. The van der Waals surface area contributed by atoms with Gasteiger partial charge in [0.05, 0.1) is 19.5 Å². The first-order chi connectivity index (χ1) is 26.9. The Kier molecular flexibility index (Phi) is 18.1. The number of rotatable bonds is 24. The summed E-state index contributed by atoms with van der Waals surface area (Å²) in [4.78, 5) is 97.8. The lowest BCUT2D eigenvalue weighted by atomic mass is 9.87. The van der Waals surface area contributed by atoms with Gasteiger partial charge < -0.3 is 56.0 Å². The first-order valence-electron chi connectivity index (χ1n) is 16.9. The highest BCUT2D eigenvalue weighted by molar-refractivity contribution is 8.14. The number of imidazole rings is 1. The fourth-order valence-corrected chi connectivity index (χ4v) is 8.31. The Hall–Kier alpha value is -3.23. The van der Waals surface area contributed by atoms with Crippen LogP contribution in [0, 0.1) is 5.41 Å². The average Bonchev–Trinajstić information content (AvgIpc) is 3.67. The fourth-order valence-electron chi connectivity index (χ4n) is 4.88. The molecule has 0 bridgehead atoms. The number of aliphatic carboxylic acids is 1. The number of phosphoric acid groups is 3. The van der Waals surface area contributed by atoms with Crippen LogP contribution < -0.4 is 16.4 Å². The van der Waals surface area contributed by atoms with E-state index in [1.807, 2.05) is 0 Å². The Morgan fingerprint density at radius 3 is 2.41 bits per heavy atom. The van der Waals surface area contributed by atoms with E-state index in [1.165, 1.54) is 19.9 Å². The molecular weight excluding hydrogens is 863 g/mol. The molecule has 0 saturated carbocycles. The molecule has 0 aromatic carbocycles. The monoisotopic (exact) mass is 907 g/mol. The molecule has 326 valence electrons. The molecule has 2 amide bonds. The van der Waals surface area contributed by atoms with Crippen molar-refractivity contribution in [2.24, 2.45) is 5.41 Å². The van der Waals surface area contributed by atoms with E-state index in [9.17, 15) is 62.7 Å². The van der Waals surface area contributed by atoms with Crippen molar-refractivity contribution in [1.29, 1.82) is 0 Å². The van der Waals surface area contributed by atoms with Gasteiger partial charge in [0, 0.05) is 37.1 Å². The van der Waals surface area contributed by atoms with Crippen molar-refractivity contribution in [3.8, 4) is 0 Å². The van der Waals surface area contributed by atoms with Gasteiger partial charge in [-0.25, -0.2) is 28.6 Å². The average molecular weight is 908 g/mol. The maximum Gasteiger partial charge on any atom is 0.481 e. The minimum Gasteiger partial charge on any atom is -0.481 e. The molecule has 58 heavy (non-hydrogen) atoms. The predicted octanol–water partition coefficient (Wildman–Crippen LogP) is -0.524. The highest BCUT2D eigenvalue weighted by atomic mass is 32.2. The standard InChI is InChI=1S/C28H44N7O19P3S/c1-28(2,23(41)26(42)31-9-8-17(36)30-10-11-58-19(39)7-5-3-4-6-18(37)38)13-51-57(48,49)54-56(46,47)50-12-16-22(53-55(43,44)45)21(40)27(52-16)35-15-34-20-24(29)32-14-33-25(20)35/h5,7,14-16,21-23,27,40-41H,3-4,6,8-13H2,1-2H3,(H,30,36)(H,31,42)(H,37,38)(H,46,47)(H,48,49)(H2,29,32,33)(H2,43,44,45)/t16-,21-,22-,23+,27-/m1/s1. The van der Waals surface area contributed by atoms with Gasteiger partial charge >= 0.3 is 29.4 Å². The molecule has 7 atom stereocenters. The third-order valence-electron chi connectivity index (χ3n) is 7.76. The number of carboxylic acids is 1. The number of ether oxygens (including phenoxy) is 1. The predicted molar refractivity (Wildman–Crippen MR) is 198 cm³/mol. The Morgan fingerprint density at radius 1 is 1.05 bits per heavy atom. The van der Waals surface area contributed by atoms with Gasteiger partial charge in [0.1, 0.15) is 36.3 Å². The quantitative estimate of drug-likeness (QED) is 0.0360. The number of carboxylic acid groups (broad SMARTS) is 1. The summed E-state index contributed by atoms with van der Waals surface area (Å²) in [6, 6.07) is 0. The number of aliphatic hydroxyl groups is 2. The number of fused-ring (bicyclic) bond motifs is 1. The van der Waals surface area contributed by atoms with Gasteiger partial charge in [-0.3, -0.25) is 37.3 Å². The van der Waals surface area contributed by atoms with Gasteiger partial charge in [-0.2, -0.15) is 4.31 Å². The van der Waals surface area contributed by atoms with E-state index in [-0.39, 0.29) is 53.8 Å². The minimum absolute atomic E-state index is 0.0104. The van der Waals surface area contributed by atoms with Crippen LogP contribution in [0.1, 0.15) is 45.8 Å². The third-order valence-corrected chi connectivity index (χ3v) is 11.7. The third kappa shape index (κ3) is 15.7. The SMILES string of the molecule is CC(C)(COP(=O)(O)OP(=O)(O)OC[C@H]1O[C@@H](n2cnc3c(N)ncnc32)[C@H](O)[C@@H]1OP(=O)(O)O)[C@@H](O)C(=O)NCCC(=O)NCCSC(=O)C=CCCCC(=O)O. The lowest BCUT2D eigenvalue weighted by molar-refractivity contribution is -0.137. The smallest absolute Gasteiger partial charge is 0.481 e. The van der Waals surface area contributed by atoms with E-state index in [1.54, 1.807) is 6.08 Å². The summed E-state index contributed by atoms with van der Waals surface area (Å²) in [5.41, 5.74) is 4.21. The summed E-state index contributed by atoms with van der Waals surface area (Å²) >= 11 is 0.931. The van der Waals surface area contributed by atoms with Gasteiger partial charge in [-0.05, 0) is 18.9 Å². The molecule has 3 rings (SSSR count). The van der Waals surface area contributed by atoms with Crippen LogP contribution in [-0.2, 0) is 55.5 Å². The number of aliphatic hydroxyl groups excluding tert-OH is 2. The van der Waals surface area contributed by atoms with Gasteiger partial charge in [0.15, 0.2) is 17.7 Å². The van der Waals surface area contributed by atoms with Crippen LogP contribution in [0.4, 0.5) is 5.82 Å². The number of nitrogen functional groups attached to an aromatic ring is 1. The molecule has 0 aliphatic carbocycles. The van der Waals surface area contributed by atoms with E-state index in [0.29, 0.717) is 12.8 Å². The van der Waals surface area contributed by atoms with Crippen LogP contribution in [0.5, 0.6) is 0 Å². The number of carbonyl (C=O) groups is 4. The molecule has 30 heteroatoms. The lowest BCUT2D eigenvalue weighted by Gasteiger charge is -2.30. The van der Waals surface area contributed by atoms with Crippen LogP contribution in [0.15, 0.2) is 24.8 Å². The summed E-state index contributed by atoms with van der Waals surface area (Å²) in [6.45, 7) is 0.293. The number of amides is 2. The number of aromatic nitrogens is 4. The van der Waals surface area contributed by atoms with Crippen molar-refractivity contribution in [2.75, 3.05) is 37.8 Å². The molecule has 1 fully saturated rings. The number of unbranched alkanes of at least 4 members (excludes halogenated alkanes) is 1. The maximum absolute atomic E-state index is 12.7. The van der Waals surface area contributed by atoms with Crippen LogP contribution >= 0.6 is 35.2 Å². The van der Waals surface area contributed by atoms with Crippen LogP contribution in [0.25, 0.3) is 11.2 Å². The topological polar surface area (TPSA) is 401 Å². The fraction of sp³-hybridized carbons (Fsp3) is 0.607. The highest BCUT2D eigenvalue weighted by Gasteiger charge is 2.50. The van der Waals surface area contributed by atoms with Gasteiger partial charge in [0.25, 0.3) is 0 Å². The van der Waals surface area contributed by atoms with Crippen molar-refractivity contribution in [1.82, 2.24) is 30.2 Å². The van der Waals surface area contributed by atoms with Gasteiger partial charge in [0.2, 0.25) is 16.9 Å². The summed E-state index contributed by atoms with van der Waals surface area (Å²) in [6.07, 6.45) is -3.36. The number of nitrogens with two attached hydrogens (primary N) is 1. The molecule has 1 aliphatic heterocycles. The first kappa shape index (κ1) is 49.1. The molecule has 0 radical (unpaired) electrons. The number of carbonyl (C=O) groups excluding carboxylic acids is 3. The summed E-state index contributed by atoms with van der Waals surface area (Å²) in [5.74, 6) is -2.24. The highest BCUT2D eigenvalue weighted by Crippen LogP contribution is 2.61. The second-order valence-corrected chi connectivity index (χ2v) is 18.3. The molecule has 2 aromatic heterocycles. The van der Waals surface area contributed by atoms with E-state index < -0.39 is 90.5 Å². The minimum atomic E-state index is -5.59. The normalized spacial score (nSPS) is 21.4. The summed E-state index contributed by atoms with van der Waals surface area (Å²) in [7, 11) is -16.4. The first-order valence-corrected chi connectivity index (χ1v) is 22.4. The molecule has 0 spiro atoms. The number of nitrogens with one attached hydrogen (secondary N) is 2. The zero-order valence-electron chi connectivity index (χ0n) is 30.7. The number of allylic oxidation sites excluding steroid dienone is 1. The molecule has 2 aromatic rings. The van der Waals surface area contributed by atoms with Crippen LogP contribution in [-0.4, -0.2) is 134 Å². The molecule has 3 heterocycles. The molecule has 1 saturated heterocycles. The molecule has 11 N–H and O–H groups in total. The van der Waals surface area contributed by atoms with Crippen LogP contribution in [0.2, 0.25) is 0 Å². The number of anilines is 1. The molecular formula is C28H44N7O19P3S. The Bertz CT molecular complexity index is 1950. The number of hydrogen-bond acceptors (Lipinski definition) is 19.